The Morgan fingerprint density at radius 3 is 2.82 bits per heavy atom. The molecule has 0 atom stereocenters. The lowest BCUT2D eigenvalue weighted by Gasteiger charge is -2.18. The zero-order valence-corrected chi connectivity index (χ0v) is 14.7. The van der Waals surface area contributed by atoms with Crippen molar-refractivity contribution in [2.45, 2.75) is 13.1 Å². The number of rotatable bonds is 3. The van der Waals surface area contributed by atoms with Crippen LogP contribution in [0.3, 0.4) is 0 Å². The van der Waals surface area contributed by atoms with Gasteiger partial charge in [-0.05, 0) is 30.7 Å². The molecule has 1 aromatic carbocycles. The first-order chi connectivity index (χ1) is 13.4. The fourth-order valence-electron chi connectivity index (χ4n) is 2.90. The lowest BCUT2D eigenvalue weighted by Crippen LogP contribution is -2.24. The van der Waals surface area contributed by atoms with Crippen molar-refractivity contribution in [2.75, 3.05) is 11.9 Å². The Hall–Kier alpha value is -3.60. The highest BCUT2D eigenvalue weighted by atomic mass is 19.4. The predicted molar refractivity (Wildman–Crippen MR) is 100 cm³/mol. The Labute approximate surface area is 159 Å². The van der Waals surface area contributed by atoms with Crippen LogP contribution < -0.4 is 10.6 Å². The summed E-state index contributed by atoms with van der Waals surface area (Å²) in [6.45, 7) is 2.41. The highest BCUT2D eigenvalue weighted by Gasteiger charge is 2.34. The van der Waals surface area contributed by atoms with Crippen LogP contribution in [-0.4, -0.2) is 22.9 Å². The van der Waals surface area contributed by atoms with Crippen molar-refractivity contribution in [2.24, 2.45) is 4.99 Å². The van der Waals surface area contributed by atoms with E-state index in [-0.39, 0.29) is 11.3 Å². The topological polar surface area (TPSA) is 62.2 Å². The Morgan fingerprint density at radius 2 is 2.04 bits per heavy atom. The maximum Gasteiger partial charge on any atom is 0.417 e. The first kappa shape index (κ1) is 17.8. The van der Waals surface area contributed by atoms with Gasteiger partial charge in [-0.15, -0.1) is 0 Å². The minimum absolute atomic E-state index is 0.0658. The van der Waals surface area contributed by atoms with E-state index < -0.39 is 11.7 Å². The molecule has 4 rings (SSSR count). The lowest BCUT2D eigenvalue weighted by molar-refractivity contribution is -0.137. The fourth-order valence-corrected chi connectivity index (χ4v) is 2.90. The minimum atomic E-state index is -4.53. The predicted octanol–water partition coefficient (Wildman–Crippen LogP) is 4.19. The van der Waals surface area contributed by atoms with Gasteiger partial charge in [0.15, 0.2) is 5.82 Å². The molecule has 1 aliphatic rings. The average molecular weight is 381 g/mol. The molecule has 3 heterocycles. The molecule has 0 saturated heterocycles. The van der Waals surface area contributed by atoms with Crippen LogP contribution in [0.5, 0.6) is 0 Å². The van der Waals surface area contributed by atoms with Gasteiger partial charge < -0.3 is 10.6 Å². The molecule has 28 heavy (non-hydrogen) atoms. The number of aromatic nitrogens is 2. The monoisotopic (exact) mass is 381 g/mol. The molecule has 0 saturated carbocycles. The van der Waals surface area contributed by atoms with Crippen LogP contribution in [0.4, 0.5) is 19.0 Å². The van der Waals surface area contributed by atoms with Crippen molar-refractivity contribution in [3.8, 4) is 11.3 Å². The van der Waals surface area contributed by atoms with E-state index in [0.29, 0.717) is 29.1 Å². The van der Waals surface area contributed by atoms with Gasteiger partial charge in [0, 0.05) is 23.2 Å². The van der Waals surface area contributed by atoms with E-state index in [0.717, 1.165) is 11.6 Å². The standard InChI is InChI=1S/C20H14F3N5/c1-12-10-24-11-26-18(12)28-19-17-13(5-4-8-25-17)9-16(27-19)14-6-2-3-7-15(14)20(21,22)23/h4-9,11H,10H2,1H3,(H,24,26)(H,27,28). The van der Waals surface area contributed by atoms with Crippen LogP contribution in [0.2, 0.25) is 0 Å². The SMILES string of the molecule is CC1=C(Nc2nc(-c3cc#ccc3C(F)(F)F)cc3cccnc23)NC=NC1. The number of anilines is 1. The number of halogens is 3. The van der Waals surface area contributed by atoms with Crippen LogP contribution >= 0.6 is 0 Å². The van der Waals surface area contributed by atoms with Gasteiger partial charge in [0.2, 0.25) is 0 Å². The van der Waals surface area contributed by atoms with E-state index in [1.54, 1.807) is 30.7 Å². The fraction of sp³-hybridized carbons (Fsp3) is 0.150. The van der Waals surface area contributed by atoms with Gasteiger partial charge in [0.1, 0.15) is 11.3 Å². The molecule has 0 unspecified atom stereocenters. The Morgan fingerprint density at radius 1 is 1.21 bits per heavy atom. The Bertz CT molecular complexity index is 1100. The highest BCUT2D eigenvalue weighted by molar-refractivity contribution is 5.92. The molecule has 2 N–H and O–H groups in total. The molecule has 0 amide bonds. The van der Waals surface area contributed by atoms with E-state index in [1.165, 1.54) is 6.07 Å². The van der Waals surface area contributed by atoms with Crippen LogP contribution in [0.1, 0.15) is 12.5 Å². The summed E-state index contributed by atoms with van der Waals surface area (Å²) in [7, 11) is 0. The van der Waals surface area contributed by atoms with Gasteiger partial charge in [-0.1, -0.05) is 18.2 Å². The summed E-state index contributed by atoms with van der Waals surface area (Å²) in [4.78, 5) is 12.9. The number of hydrogen-bond acceptors (Lipinski definition) is 5. The molecule has 8 heteroatoms. The van der Waals surface area contributed by atoms with Crippen LogP contribution in [0.25, 0.3) is 22.2 Å². The molecule has 5 nitrogen and oxygen atoms in total. The summed E-state index contributed by atoms with van der Waals surface area (Å²) in [5, 5.41) is 6.81. The van der Waals surface area contributed by atoms with Crippen molar-refractivity contribution in [1.29, 1.82) is 0 Å². The van der Waals surface area contributed by atoms with Crippen molar-refractivity contribution < 1.29 is 13.2 Å². The Balaban J connectivity index is 1.88. The van der Waals surface area contributed by atoms with Crippen LogP contribution in [-0.2, 0) is 6.18 Å². The third-order valence-electron chi connectivity index (χ3n) is 4.27. The molecule has 3 aromatic rings. The molecule has 0 aliphatic carbocycles. The average Bonchev–Trinajstić information content (AvgIpc) is 2.69. The van der Waals surface area contributed by atoms with E-state index in [9.17, 15) is 13.2 Å². The van der Waals surface area contributed by atoms with Crippen molar-refractivity contribution in [1.82, 2.24) is 15.3 Å². The van der Waals surface area contributed by atoms with Crippen LogP contribution in [0.15, 0.2) is 52.9 Å². The zero-order chi connectivity index (χ0) is 19.7. The minimum Gasteiger partial charge on any atom is -0.333 e. The second-order valence-corrected chi connectivity index (χ2v) is 6.23. The molecule has 0 spiro atoms. The normalized spacial score (nSPS) is 14.0. The molecular formula is C20H14F3N5. The van der Waals surface area contributed by atoms with Gasteiger partial charge in [-0.3, -0.25) is 9.98 Å². The molecular weight excluding hydrogens is 367 g/mol. The van der Waals surface area contributed by atoms with Gasteiger partial charge in [0.25, 0.3) is 0 Å². The smallest absolute Gasteiger partial charge is 0.333 e. The first-order valence-electron chi connectivity index (χ1n) is 8.40. The molecule has 140 valence electrons. The quantitative estimate of drug-likeness (QED) is 0.714. The van der Waals surface area contributed by atoms with E-state index in [1.807, 2.05) is 6.92 Å². The molecule has 2 aromatic heterocycles. The Kier molecular flexibility index (Phi) is 4.35. The number of nitrogens with one attached hydrogen (secondary N) is 2. The third-order valence-corrected chi connectivity index (χ3v) is 4.27. The summed E-state index contributed by atoms with van der Waals surface area (Å²) in [6.07, 6.45) is -1.36. The maximum atomic E-state index is 13.5. The maximum absolute atomic E-state index is 13.5. The summed E-state index contributed by atoms with van der Waals surface area (Å²) in [5.41, 5.74) is 0.784. The number of alkyl halides is 3. The van der Waals surface area contributed by atoms with Gasteiger partial charge in [-0.25, -0.2) is 4.98 Å². The zero-order valence-electron chi connectivity index (χ0n) is 14.7. The van der Waals surface area contributed by atoms with Gasteiger partial charge in [0.05, 0.1) is 24.1 Å². The molecule has 0 radical (unpaired) electrons. The molecule has 0 fully saturated rings. The van der Waals surface area contributed by atoms with Gasteiger partial charge in [-0.2, -0.15) is 13.2 Å². The number of pyridine rings is 2. The van der Waals surface area contributed by atoms with Crippen molar-refractivity contribution in [3.05, 3.63) is 65.6 Å². The summed E-state index contributed by atoms with van der Waals surface area (Å²) < 4.78 is 40.4. The molecule has 0 bridgehead atoms. The van der Waals surface area contributed by atoms with Crippen LogP contribution in [0, 0.1) is 12.1 Å². The third kappa shape index (κ3) is 3.34. The van der Waals surface area contributed by atoms with E-state index >= 15 is 0 Å². The number of fused-ring (bicyclic) bond motifs is 1. The second-order valence-electron chi connectivity index (χ2n) is 6.23. The summed E-state index contributed by atoms with van der Waals surface area (Å²) >= 11 is 0. The van der Waals surface area contributed by atoms with Crippen molar-refractivity contribution in [3.63, 3.8) is 0 Å². The summed E-state index contributed by atoms with van der Waals surface area (Å²) in [6, 6.07) is 12.2. The highest BCUT2D eigenvalue weighted by Crippen LogP contribution is 2.37. The number of hydrogen-bond donors (Lipinski definition) is 2. The van der Waals surface area contributed by atoms with E-state index in [2.05, 4.69) is 37.7 Å². The van der Waals surface area contributed by atoms with Crippen molar-refractivity contribution >= 4 is 23.1 Å². The lowest BCUT2D eigenvalue weighted by atomic mass is 10.0. The van der Waals surface area contributed by atoms with Gasteiger partial charge >= 0.3 is 6.18 Å². The first-order valence-corrected chi connectivity index (χ1v) is 8.40. The number of nitrogens with zero attached hydrogens (tertiary/aromatic N) is 3. The molecule has 1 aliphatic heterocycles. The largest absolute Gasteiger partial charge is 0.417 e. The summed E-state index contributed by atoms with van der Waals surface area (Å²) in [5.74, 6) is 1.03. The number of aliphatic imine (C=N–C) groups is 1. The van der Waals surface area contributed by atoms with E-state index in [4.69, 9.17) is 0 Å². The second kappa shape index (κ2) is 6.85.